The smallest absolute Gasteiger partial charge is 0.333 e. The van der Waals surface area contributed by atoms with E-state index in [0.717, 1.165) is 16.5 Å². The third-order valence-electron chi connectivity index (χ3n) is 5.56. The highest BCUT2D eigenvalue weighted by molar-refractivity contribution is 5.87. The fraction of sp³-hybridized carbons (Fsp3) is 0.308. The van der Waals surface area contributed by atoms with E-state index >= 15 is 0 Å². The number of carboxylic acids is 1. The van der Waals surface area contributed by atoms with Gasteiger partial charge in [0.2, 0.25) is 5.89 Å². The molecular weight excluding hydrogens is 454 g/mol. The summed E-state index contributed by atoms with van der Waals surface area (Å²) in [6, 6.07) is 10.8. The van der Waals surface area contributed by atoms with Gasteiger partial charge in [0.1, 0.15) is 40.9 Å². The lowest BCUT2D eigenvalue weighted by molar-refractivity contribution is -0.149. The Morgan fingerprint density at radius 3 is 2.51 bits per heavy atom. The molecule has 2 aromatic carbocycles. The second-order valence-corrected chi connectivity index (χ2v) is 7.78. The van der Waals surface area contributed by atoms with Gasteiger partial charge in [0.15, 0.2) is 6.10 Å². The van der Waals surface area contributed by atoms with E-state index in [9.17, 15) is 9.90 Å². The average molecular weight is 482 g/mol. The van der Waals surface area contributed by atoms with Crippen LogP contribution in [-0.2, 0) is 22.6 Å². The lowest BCUT2D eigenvalue weighted by Crippen LogP contribution is -2.26. The van der Waals surface area contributed by atoms with Crippen molar-refractivity contribution in [2.24, 2.45) is 0 Å². The standard InChI is InChI=1S/C26H27NO8/c1-5-32-23(26(28)29)12-16-6-7-22(20-8-9-33-24(16)20)34-14-21-15(2)35-25(27-21)17-10-18(30-3)13-19(11-17)31-4/h6-11,13,23H,5,12,14H2,1-4H3,(H,28,29). The first-order valence-corrected chi connectivity index (χ1v) is 11.1. The van der Waals surface area contributed by atoms with E-state index in [-0.39, 0.29) is 13.0 Å². The van der Waals surface area contributed by atoms with Crippen LogP contribution in [0.4, 0.5) is 0 Å². The van der Waals surface area contributed by atoms with E-state index in [1.807, 2.05) is 19.1 Å². The van der Waals surface area contributed by atoms with Gasteiger partial charge in [0.05, 0.1) is 25.9 Å². The highest BCUT2D eigenvalue weighted by atomic mass is 16.5. The van der Waals surface area contributed by atoms with E-state index in [0.29, 0.717) is 46.8 Å². The lowest BCUT2D eigenvalue weighted by Gasteiger charge is -2.13. The number of aryl methyl sites for hydroxylation is 1. The van der Waals surface area contributed by atoms with Gasteiger partial charge in [-0.3, -0.25) is 0 Å². The van der Waals surface area contributed by atoms with Crippen LogP contribution >= 0.6 is 0 Å². The predicted molar refractivity (Wildman–Crippen MR) is 127 cm³/mol. The summed E-state index contributed by atoms with van der Waals surface area (Å²) in [6.07, 6.45) is 0.780. The molecule has 2 aromatic heterocycles. The number of rotatable bonds is 11. The molecule has 0 saturated carbocycles. The first-order chi connectivity index (χ1) is 16.9. The normalized spacial score (nSPS) is 12.0. The Balaban J connectivity index is 1.54. The van der Waals surface area contributed by atoms with Crippen LogP contribution in [0.5, 0.6) is 17.2 Å². The number of methoxy groups -OCH3 is 2. The van der Waals surface area contributed by atoms with Gasteiger partial charge in [-0.15, -0.1) is 0 Å². The number of hydrogen-bond donors (Lipinski definition) is 1. The molecule has 4 rings (SSSR count). The number of aliphatic carboxylic acids is 1. The van der Waals surface area contributed by atoms with Crippen LogP contribution in [0.3, 0.4) is 0 Å². The number of benzene rings is 2. The molecule has 0 aliphatic carbocycles. The summed E-state index contributed by atoms with van der Waals surface area (Å²) in [4.78, 5) is 16.1. The maximum Gasteiger partial charge on any atom is 0.333 e. The lowest BCUT2D eigenvalue weighted by atomic mass is 10.0. The minimum absolute atomic E-state index is 0.173. The number of aromatic nitrogens is 1. The monoisotopic (exact) mass is 481 g/mol. The second-order valence-electron chi connectivity index (χ2n) is 7.78. The average Bonchev–Trinajstić information content (AvgIpc) is 3.50. The molecule has 9 nitrogen and oxygen atoms in total. The Bertz CT molecular complexity index is 1300. The summed E-state index contributed by atoms with van der Waals surface area (Å²) >= 11 is 0. The zero-order chi connectivity index (χ0) is 24.9. The number of nitrogens with zero attached hydrogens (tertiary/aromatic N) is 1. The topological polar surface area (TPSA) is 113 Å². The Labute approximate surface area is 202 Å². The van der Waals surface area contributed by atoms with E-state index < -0.39 is 12.1 Å². The van der Waals surface area contributed by atoms with Crippen molar-refractivity contribution in [1.29, 1.82) is 0 Å². The van der Waals surface area contributed by atoms with Crippen LogP contribution in [0.25, 0.3) is 22.4 Å². The summed E-state index contributed by atoms with van der Waals surface area (Å²) in [5.74, 6) is 1.89. The Morgan fingerprint density at radius 2 is 1.86 bits per heavy atom. The van der Waals surface area contributed by atoms with Gasteiger partial charge in [-0.1, -0.05) is 6.07 Å². The predicted octanol–water partition coefficient (Wildman–Crippen LogP) is 5.02. The van der Waals surface area contributed by atoms with Gasteiger partial charge in [-0.05, 0) is 43.7 Å². The number of fused-ring (bicyclic) bond motifs is 1. The number of furan rings is 1. The molecular formula is C26H27NO8. The summed E-state index contributed by atoms with van der Waals surface area (Å²) < 4.78 is 33.6. The highest BCUT2D eigenvalue weighted by Gasteiger charge is 2.21. The van der Waals surface area contributed by atoms with Crippen LogP contribution in [0.15, 0.2) is 51.5 Å². The Hall–Kier alpha value is -3.98. The van der Waals surface area contributed by atoms with Gasteiger partial charge in [0.25, 0.3) is 0 Å². The van der Waals surface area contributed by atoms with Crippen molar-refractivity contribution < 1.29 is 37.7 Å². The van der Waals surface area contributed by atoms with Crippen LogP contribution in [-0.4, -0.2) is 43.0 Å². The van der Waals surface area contributed by atoms with Crippen molar-refractivity contribution in [3.63, 3.8) is 0 Å². The fourth-order valence-electron chi connectivity index (χ4n) is 3.76. The van der Waals surface area contributed by atoms with E-state index in [1.165, 1.54) is 0 Å². The number of oxazole rings is 1. The molecule has 1 atom stereocenters. The second kappa shape index (κ2) is 10.5. The molecule has 2 heterocycles. The maximum atomic E-state index is 11.5. The molecule has 0 amide bonds. The molecule has 0 bridgehead atoms. The molecule has 0 fully saturated rings. The number of hydrogen-bond acceptors (Lipinski definition) is 8. The van der Waals surface area contributed by atoms with Crippen molar-refractivity contribution >= 4 is 16.9 Å². The molecule has 1 N–H and O–H groups in total. The number of carbonyl (C=O) groups is 1. The largest absolute Gasteiger partial charge is 0.497 e. The molecule has 0 radical (unpaired) electrons. The molecule has 0 saturated heterocycles. The minimum Gasteiger partial charge on any atom is -0.497 e. The van der Waals surface area contributed by atoms with Gasteiger partial charge >= 0.3 is 5.97 Å². The van der Waals surface area contributed by atoms with Gasteiger partial charge in [-0.25, -0.2) is 9.78 Å². The van der Waals surface area contributed by atoms with E-state index in [1.54, 1.807) is 51.7 Å². The van der Waals surface area contributed by atoms with Crippen molar-refractivity contribution in [1.82, 2.24) is 4.98 Å². The van der Waals surface area contributed by atoms with Gasteiger partial charge in [0, 0.05) is 24.7 Å². The molecule has 0 aliphatic rings. The van der Waals surface area contributed by atoms with Crippen LogP contribution in [0, 0.1) is 6.92 Å². The molecule has 9 heteroatoms. The zero-order valence-corrected chi connectivity index (χ0v) is 20.0. The van der Waals surface area contributed by atoms with E-state index in [4.69, 9.17) is 27.8 Å². The summed E-state index contributed by atoms with van der Waals surface area (Å²) in [7, 11) is 3.17. The third-order valence-corrected chi connectivity index (χ3v) is 5.56. The maximum absolute atomic E-state index is 11.5. The number of carboxylic acid groups (broad SMARTS) is 1. The minimum atomic E-state index is -1.02. The molecule has 0 spiro atoms. The van der Waals surface area contributed by atoms with Crippen molar-refractivity contribution in [2.45, 2.75) is 33.0 Å². The van der Waals surface area contributed by atoms with Crippen molar-refractivity contribution in [3.05, 3.63) is 59.7 Å². The van der Waals surface area contributed by atoms with E-state index in [2.05, 4.69) is 4.98 Å². The molecule has 184 valence electrons. The van der Waals surface area contributed by atoms with Gasteiger partial charge in [-0.2, -0.15) is 0 Å². The Morgan fingerprint density at radius 1 is 1.11 bits per heavy atom. The van der Waals surface area contributed by atoms with Crippen LogP contribution in [0.2, 0.25) is 0 Å². The summed E-state index contributed by atoms with van der Waals surface area (Å²) in [5.41, 5.74) is 2.66. The zero-order valence-electron chi connectivity index (χ0n) is 20.0. The molecule has 1 unspecified atom stereocenters. The molecule has 4 aromatic rings. The summed E-state index contributed by atoms with van der Waals surface area (Å²) in [5, 5.41) is 10.2. The summed E-state index contributed by atoms with van der Waals surface area (Å²) in [6.45, 7) is 4.06. The highest BCUT2D eigenvalue weighted by Crippen LogP contribution is 2.33. The van der Waals surface area contributed by atoms with Crippen molar-refractivity contribution in [3.8, 4) is 28.7 Å². The van der Waals surface area contributed by atoms with Crippen LogP contribution in [0.1, 0.15) is 23.9 Å². The fourth-order valence-corrected chi connectivity index (χ4v) is 3.76. The molecule has 35 heavy (non-hydrogen) atoms. The Kier molecular flexibility index (Phi) is 7.26. The van der Waals surface area contributed by atoms with Gasteiger partial charge < -0.3 is 32.9 Å². The first kappa shape index (κ1) is 24.2. The number of ether oxygens (including phenoxy) is 4. The third kappa shape index (κ3) is 5.25. The SMILES string of the molecule is CCOC(Cc1ccc(OCc2nc(-c3cc(OC)cc(OC)c3)oc2C)c2ccoc12)C(=O)O. The molecule has 0 aliphatic heterocycles. The van der Waals surface area contributed by atoms with Crippen LogP contribution < -0.4 is 14.2 Å². The first-order valence-electron chi connectivity index (χ1n) is 11.1. The van der Waals surface area contributed by atoms with Crippen molar-refractivity contribution in [2.75, 3.05) is 20.8 Å². The quantitative estimate of drug-likeness (QED) is 0.315.